The highest BCUT2D eigenvalue weighted by Crippen LogP contribution is 2.33. The molecule has 0 radical (unpaired) electrons. The SMILES string of the molecule is COc1c(C)cc([C@H](CC(F)F)N2CCNCC2)cc1C. The van der Waals surface area contributed by atoms with Crippen LogP contribution in [0.1, 0.15) is 29.2 Å². The van der Waals surface area contributed by atoms with E-state index in [0.717, 1.165) is 48.6 Å². The monoisotopic (exact) mass is 298 g/mol. The summed E-state index contributed by atoms with van der Waals surface area (Å²) in [5.74, 6) is 0.842. The van der Waals surface area contributed by atoms with E-state index in [0.29, 0.717) is 0 Å². The van der Waals surface area contributed by atoms with E-state index in [9.17, 15) is 8.78 Å². The summed E-state index contributed by atoms with van der Waals surface area (Å²) in [6, 6.07) is 3.75. The van der Waals surface area contributed by atoms with E-state index < -0.39 is 6.43 Å². The lowest BCUT2D eigenvalue weighted by atomic mass is 9.96. The minimum absolute atomic E-state index is 0.120. The first-order chi connectivity index (χ1) is 10.0. The molecule has 1 fully saturated rings. The molecule has 0 aliphatic carbocycles. The number of nitrogens with zero attached hydrogens (tertiary/aromatic N) is 1. The number of piperazine rings is 1. The van der Waals surface area contributed by atoms with E-state index in [-0.39, 0.29) is 12.5 Å². The number of hydrogen-bond donors (Lipinski definition) is 1. The number of hydrogen-bond acceptors (Lipinski definition) is 3. The highest BCUT2D eigenvalue weighted by Gasteiger charge is 2.26. The first-order valence-electron chi connectivity index (χ1n) is 7.41. The number of aryl methyl sites for hydroxylation is 2. The summed E-state index contributed by atoms with van der Waals surface area (Å²) in [5, 5.41) is 3.27. The smallest absolute Gasteiger partial charge is 0.240 e. The van der Waals surface area contributed by atoms with E-state index in [4.69, 9.17) is 4.74 Å². The summed E-state index contributed by atoms with van der Waals surface area (Å²) in [6.07, 6.45) is -2.42. The number of methoxy groups -OCH3 is 1. The van der Waals surface area contributed by atoms with Gasteiger partial charge in [-0.3, -0.25) is 4.90 Å². The Kier molecular flexibility index (Phi) is 5.53. The van der Waals surface area contributed by atoms with Gasteiger partial charge in [-0.2, -0.15) is 0 Å². The molecule has 2 rings (SSSR count). The number of benzene rings is 1. The summed E-state index contributed by atoms with van der Waals surface area (Å²) in [5.41, 5.74) is 2.97. The van der Waals surface area contributed by atoms with Gasteiger partial charge in [0, 0.05) is 38.6 Å². The maximum atomic E-state index is 13.0. The Hall–Kier alpha value is -1.20. The minimum atomic E-state index is -2.30. The lowest BCUT2D eigenvalue weighted by molar-refractivity contribution is 0.0738. The molecule has 0 bridgehead atoms. The van der Waals surface area contributed by atoms with Crippen molar-refractivity contribution in [3.8, 4) is 5.75 Å². The van der Waals surface area contributed by atoms with Crippen molar-refractivity contribution in [1.29, 1.82) is 0 Å². The van der Waals surface area contributed by atoms with Gasteiger partial charge in [0.2, 0.25) is 6.43 Å². The van der Waals surface area contributed by atoms with Gasteiger partial charge in [0.05, 0.1) is 7.11 Å². The second-order valence-corrected chi connectivity index (χ2v) is 5.62. The van der Waals surface area contributed by atoms with E-state index in [1.807, 2.05) is 26.0 Å². The predicted octanol–water partition coefficient (Wildman–Crippen LogP) is 2.91. The Labute approximate surface area is 125 Å². The fourth-order valence-electron chi connectivity index (χ4n) is 3.16. The third-order valence-corrected chi connectivity index (χ3v) is 4.07. The summed E-state index contributed by atoms with van der Waals surface area (Å²) < 4.78 is 31.4. The molecule has 118 valence electrons. The lowest BCUT2D eigenvalue weighted by Gasteiger charge is -2.35. The second kappa shape index (κ2) is 7.18. The number of halogens is 2. The molecular formula is C16H24F2N2O. The molecule has 0 saturated carbocycles. The molecule has 21 heavy (non-hydrogen) atoms. The number of nitrogens with one attached hydrogen (secondary N) is 1. The van der Waals surface area contributed by atoms with Crippen molar-refractivity contribution >= 4 is 0 Å². The molecule has 0 spiro atoms. The average molecular weight is 298 g/mol. The quantitative estimate of drug-likeness (QED) is 0.904. The van der Waals surface area contributed by atoms with Crippen LogP contribution in [0.4, 0.5) is 8.78 Å². The van der Waals surface area contributed by atoms with Crippen LogP contribution in [0.25, 0.3) is 0 Å². The largest absolute Gasteiger partial charge is 0.496 e. The maximum Gasteiger partial charge on any atom is 0.240 e. The summed E-state index contributed by atoms with van der Waals surface area (Å²) >= 11 is 0. The number of ether oxygens (including phenoxy) is 1. The number of alkyl halides is 2. The van der Waals surface area contributed by atoms with Crippen LogP contribution in [0.15, 0.2) is 12.1 Å². The standard InChI is InChI=1S/C16H24F2N2O/c1-11-8-13(9-12(2)16(11)21-3)14(10-15(17)18)20-6-4-19-5-7-20/h8-9,14-15,19H,4-7,10H2,1-3H3/t14-/m0/s1. The highest BCUT2D eigenvalue weighted by molar-refractivity contribution is 5.44. The summed E-state index contributed by atoms with van der Waals surface area (Å²) in [7, 11) is 1.64. The molecule has 0 amide bonds. The third kappa shape index (κ3) is 3.92. The zero-order valence-electron chi connectivity index (χ0n) is 13.0. The molecule has 1 aliphatic rings. The molecule has 1 saturated heterocycles. The molecule has 0 unspecified atom stereocenters. The van der Waals surface area contributed by atoms with E-state index in [1.165, 1.54) is 0 Å². The van der Waals surface area contributed by atoms with Gasteiger partial charge in [0.25, 0.3) is 0 Å². The average Bonchev–Trinajstić information content (AvgIpc) is 2.45. The van der Waals surface area contributed by atoms with Gasteiger partial charge < -0.3 is 10.1 Å². The highest BCUT2D eigenvalue weighted by atomic mass is 19.3. The Balaban J connectivity index is 2.31. The molecule has 1 atom stereocenters. The second-order valence-electron chi connectivity index (χ2n) is 5.62. The first kappa shape index (κ1) is 16.2. The van der Waals surface area contributed by atoms with Crippen molar-refractivity contribution in [1.82, 2.24) is 10.2 Å². The zero-order valence-corrected chi connectivity index (χ0v) is 13.0. The van der Waals surface area contributed by atoms with E-state index in [1.54, 1.807) is 7.11 Å². The van der Waals surface area contributed by atoms with Gasteiger partial charge >= 0.3 is 0 Å². The van der Waals surface area contributed by atoms with Crippen molar-refractivity contribution in [2.75, 3.05) is 33.3 Å². The van der Waals surface area contributed by atoms with Gasteiger partial charge in [0.15, 0.2) is 0 Å². The van der Waals surface area contributed by atoms with Crippen LogP contribution < -0.4 is 10.1 Å². The Morgan fingerprint density at radius 3 is 2.24 bits per heavy atom. The van der Waals surface area contributed by atoms with E-state index >= 15 is 0 Å². The summed E-state index contributed by atoms with van der Waals surface area (Å²) in [4.78, 5) is 2.16. The molecule has 1 heterocycles. The molecule has 0 aromatic heterocycles. The zero-order chi connectivity index (χ0) is 15.4. The normalized spacial score (nSPS) is 18.0. The Morgan fingerprint density at radius 2 is 1.76 bits per heavy atom. The maximum absolute atomic E-state index is 13.0. The van der Waals surface area contributed by atoms with E-state index in [2.05, 4.69) is 10.2 Å². The Bertz CT molecular complexity index is 450. The van der Waals surface area contributed by atoms with Crippen LogP contribution in [0.5, 0.6) is 5.75 Å². The molecular weight excluding hydrogens is 274 g/mol. The van der Waals surface area contributed by atoms with Gasteiger partial charge in [-0.1, -0.05) is 12.1 Å². The first-order valence-corrected chi connectivity index (χ1v) is 7.41. The van der Waals surface area contributed by atoms with Crippen molar-refractivity contribution in [2.45, 2.75) is 32.7 Å². The molecule has 3 nitrogen and oxygen atoms in total. The molecule has 1 N–H and O–H groups in total. The van der Waals surface area contributed by atoms with Gasteiger partial charge in [-0.25, -0.2) is 8.78 Å². The van der Waals surface area contributed by atoms with Gasteiger partial charge in [0.1, 0.15) is 5.75 Å². The fraction of sp³-hybridized carbons (Fsp3) is 0.625. The van der Waals surface area contributed by atoms with Crippen LogP contribution in [-0.2, 0) is 0 Å². The molecule has 1 aliphatic heterocycles. The topological polar surface area (TPSA) is 24.5 Å². The molecule has 1 aromatic carbocycles. The van der Waals surface area contributed by atoms with Crippen molar-refractivity contribution < 1.29 is 13.5 Å². The fourth-order valence-corrected chi connectivity index (χ4v) is 3.16. The number of rotatable bonds is 5. The van der Waals surface area contributed by atoms with Crippen molar-refractivity contribution in [3.63, 3.8) is 0 Å². The Morgan fingerprint density at radius 1 is 1.19 bits per heavy atom. The van der Waals surface area contributed by atoms with Crippen LogP contribution in [0.2, 0.25) is 0 Å². The van der Waals surface area contributed by atoms with Crippen molar-refractivity contribution in [3.05, 3.63) is 28.8 Å². The van der Waals surface area contributed by atoms with Crippen LogP contribution in [-0.4, -0.2) is 44.6 Å². The molecule has 1 aromatic rings. The van der Waals surface area contributed by atoms with Crippen LogP contribution in [0, 0.1) is 13.8 Å². The predicted molar refractivity (Wildman–Crippen MR) is 80.3 cm³/mol. The lowest BCUT2D eigenvalue weighted by Crippen LogP contribution is -2.45. The van der Waals surface area contributed by atoms with Crippen LogP contribution in [0.3, 0.4) is 0 Å². The minimum Gasteiger partial charge on any atom is -0.496 e. The van der Waals surface area contributed by atoms with Gasteiger partial charge in [-0.15, -0.1) is 0 Å². The van der Waals surface area contributed by atoms with Crippen LogP contribution >= 0.6 is 0 Å². The third-order valence-electron chi connectivity index (χ3n) is 4.07. The van der Waals surface area contributed by atoms with Gasteiger partial charge in [-0.05, 0) is 30.5 Å². The summed E-state index contributed by atoms with van der Waals surface area (Å²) in [6.45, 7) is 7.25. The molecule has 5 heteroatoms. The van der Waals surface area contributed by atoms with Crippen molar-refractivity contribution in [2.24, 2.45) is 0 Å².